The van der Waals surface area contributed by atoms with Gasteiger partial charge in [-0.3, -0.25) is 4.79 Å². The number of pyridine rings is 1. The number of aromatic nitrogens is 1. The van der Waals surface area contributed by atoms with E-state index in [4.69, 9.17) is 5.11 Å². The highest BCUT2D eigenvalue weighted by Gasteiger charge is 2.23. The SMILES string of the molecule is CCCCCCN(CCO)S(=O)(=O)c1ccc(=O)[nH]c1. The van der Waals surface area contributed by atoms with E-state index in [1.54, 1.807) is 0 Å². The van der Waals surface area contributed by atoms with Crippen molar-refractivity contribution >= 4 is 10.0 Å². The maximum atomic E-state index is 12.4. The zero-order valence-corrected chi connectivity index (χ0v) is 12.5. The van der Waals surface area contributed by atoms with Gasteiger partial charge < -0.3 is 10.1 Å². The zero-order valence-electron chi connectivity index (χ0n) is 11.7. The molecular formula is C13H22N2O4S. The summed E-state index contributed by atoms with van der Waals surface area (Å²) in [5, 5.41) is 9.03. The van der Waals surface area contributed by atoms with Gasteiger partial charge in [0.1, 0.15) is 0 Å². The number of aliphatic hydroxyl groups excluding tert-OH is 1. The molecule has 1 rings (SSSR count). The Balaban J connectivity index is 2.82. The number of H-pyrrole nitrogens is 1. The van der Waals surface area contributed by atoms with Gasteiger partial charge in [0.15, 0.2) is 0 Å². The summed E-state index contributed by atoms with van der Waals surface area (Å²) in [6.45, 7) is 2.30. The number of aromatic amines is 1. The van der Waals surface area contributed by atoms with Gasteiger partial charge in [-0.25, -0.2) is 8.42 Å². The van der Waals surface area contributed by atoms with Gasteiger partial charge in [-0.1, -0.05) is 26.2 Å². The minimum Gasteiger partial charge on any atom is -0.395 e. The van der Waals surface area contributed by atoms with Crippen LogP contribution in [0, 0.1) is 0 Å². The van der Waals surface area contributed by atoms with Crippen molar-refractivity contribution in [2.75, 3.05) is 19.7 Å². The Bertz CT molecular complexity index is 533. The van der Waals surface area contributed by atoms with Crippen LogP contribution >= 0.6 is 0 Å². The van der Waals surface area contributed by atoms with Crippen molar-refractivity contribution in [3.05, 3.63) is 28.7 Å². The van der Waals surface area contributed by atoms with Gasteiger partial charge in [-0.2, -0.15) is 4.31 Å². The Kier molecular flexibility index (Phi) is 6.90. The molecule has 0 amide bonds. The Morgan fingerprint density at radius 2 is 1.95 bits per heavy atom. The number of sulfonamides is 1. The van der Waals surface area contributed by atoms with Gasteiger partial charge in [0.25, 0.3) is 0 Å². The molecule has 0 spiro atoms. The predicted octanol–water partition coefficient (Wildman–Crippen LogP) is 0.938. The van der Waals surface area contributed by atoms with E-state index < -0.39 is 10.0 Å². The molecule has 1 heterocycles. The lowest BCUT2D eigenvalue weighted by Gasteiger charge is -2.21. The highest BCUT2D eigenvalue weighted by molar-refractivity contribution is 7.89. The average molecular weight is 302 g/mol. The normalized spacial score (nSPS) is 11.9. The second-order valence-corrected chi connectivity index (χ2v) is 6.51. The molecule has 2 N–H and O–H groups in total. The first-order valence-electron chi connectivity index (χ1n) is 6.82. The van der Waals surface area contributed by atoms with E-state index in [-0.39, 0.29) is 23.6 Å². The fourth-order valence-corrected chi connectivity index (χ4v) is 3.32. The highest BCUT2D eigenvalue weighted by atomic mass is 32.2. The number of hydrogen-bond acceptors (Lipinski definition) is 4. The van der Waals surface area contributed by atoms with Crippen molar-refractivity contribution in [2.24, 2.45) is 0 Å². The summed E-state index contributed by atoms with van der Waals surface area (Å²) in [5.74, 6) is 0. The van der Waals surface area contributed by atoms with Crippen molar-refractivity contribution in [3.63, 3.8) is 0 Å². The third-order valence-corrected chi connectivity index (χ3v) is 4.90. The van der Waals surface area contributed by atoms with Gasteiger partial charge in [0.05, 0.1) is 11.5 Å². The Hall–Kier alpha value is -1.18. The van der Waals surface area contributed by atoms with Crippen LogP contribution in [0.3, 0.4) is 0 Å². The van der Waals surface area contributed by atoms with Crippen LogP contribution in [0.15, 0.2) is 28.0 Å². The Morgan fingerprint density at radius 1 is 1.20 bits per heavy atom. The second kappa shape index (κ2) is 8.18. The molecule has 0 bridgehead atoms. The molecular weight excluding hydrogens is 280 g/mol. The van der Waals surface area contributed by atoms with Crippen LogP contribution < -0.4 is 5.56 Å². The van der Waals surface area contributed by atoms with Crippen molar-refractivity contribution in [1.82, 2.24) is 9.29 Å². The fourth-order valence-electron chi connectivity index (χ4n) is 1.88. The molecule has 1 aromatic heterocycles. The molecule has 0 saturated carbocycles. The molecule has 6 nitrogen and oxygen atoms in total. The average Bonchev–Trinajstić information content (AvgIpc) is 2.42. The number of nitrogens with zero attached hydrogens (tertiary/aromatic N) is 1. The van der Waals surface area contributed by atoms with Gasteiger partial charge in [0, 0.05) is 25.4 Å². The first-order chi connectivity index (χ1) is 9.52. The number of nitrogens with one attached hydrogen (secondary N) is 1. The van der Waals surface area contributed by atoms with E-state index in [1.807, 2.05) is 0 Å². The first kappa shape index (κ1) is 16.9. The molecule has 0 saturated heterocycles. The summed E-state index contributed by atoms with van der Waals surface area (Å²) < 4.78 is 26.0. The maximum absolute atomic E-state index is 12.4. The van der Waals surface area contributed by atoms with E-state index in [0.717, 1.165) is 25.7 Å². The van der Waals surface area contributed by atoms with Gasteiger partial charge >= 0.3 is 0 Å². The summed E-state index contributed by atoms with van der Waals surface area (Å²) >= 11 is 0. The van der Waals surface area contributed by atoms with E-state index in [2.05, 4.69) is 11.9 Å². The number of aliphatic hydroxyl groups is 1. The zero-order chi connectivity index (χ0) is 15.0. The molecule has 20 heavy (non-hydrogen) atoms. The molecule has 0 aliphatic rings. The van der Waals surface area contributed by atoms with Gasteiger partial charge in [-0.15, -0.1) is 0 Å². The predicted molar refractivity (Wildman–Crippen MR) is 77.0 cm³/mol. The molecule has 114 valence electrons. The lowest BCUT2D eigenvalue weighted by Crippen LogP contribution is -2.34. The molecule has 0 atom stereocenters. The number of unbranched alkanes of at least 4 members (excludes halogenated alkanes) is 3. The second-order valence-electron chi connectivity index (χ2n) is 4.58. The largest absolute Gasteiger partial charge is 0.395 e. The molecule has 0 aromatic carbocycles. The van der Waals surface area contributed by atoms with Crippen LogP contribution in [0.4, 0.5) is 0 Å². The van der Waals surface area contributed by atoms with Crippen LogP contribution in [0.25, 0.3) is 0 Å². The van der Waals surface area contributed by atoms with Crippen LogP contribution in [0.5, 0.6) is 0 Å². The van der Waals surface area contributed by atoms with E-state index in [0.29, 0.717) is 6.54 Å². The fraction of sp³-hybridized carbons (Fsp3) is 0.615. The Labute approximate surface area is 119 Å². The topological polar surface area (TPSA) is 90.5 Å². The lowest BCUT2D eigenvalue weighted by atomic mass is 10.2. The molecule has 0 aliphatic carbocycles. The minimum atomic E-state index is -3.66. The third-order valence-electron chi connectivity index (χ3n) is 3.00. The van der Waals surface area contributed by atoms with Crippen LogP contribution in [-0.4, -0.2) is 42.5 Å². The smallest absolute Gasteiger partial charge is 0.247 e. The molecule has 0 fully saturated rings. The molecule has 7 heteroatoms. The third kappa shape index (κ3) is 4.73. The minimum absolute atomic E-state index is 0.0426. The summed E-state index contributed by atoms with van der Waals surface area (Å²) in [6, 6.07) is 2.46. The lowest BCUT2D eigenvalue weighted by molar-refractivity contribution is 0.251. The molecule has 1 aromatic rings. The van der Waals surface area contributed by atoms with E-state index in [1.165, 1.54) is 22.6 Å². The van der Waals surface area contributed by atoms with Crippen LogP contribution in [0.2, 0.25) is 0 Å². The Morgan fingerprint density at radius 3 is 2.50 bits per heavy atom. The quantitative estimate of drug-likeness (QED) is 0.664. The summed E-state index contributed by atoms with van der Waals surface area (Å²) in [4.78, 5) is 13.4. The highest BCUT2D eigenvalue weighted by Crippen LogP contribution is 2.14. The molecule has 0 aliphatic heterocycles. The molecule has 0 radical (unpaired) electrons. The van der Waals surface area contributed by atoms with Gasteiger partial charge in [0.2, 0.25) is 15.6 Å². The monoisotopic (exact) mass is 302 g/mol. The van der Waals surface area contributed by atoms with Crippen molar-refractivity contribution in [2.45, 2.75) is 37.5 Å². The molecule has 0 unspecified atom stereocenters. The summed E-state index contributed by atoms with van der Waals surface area (Å²) in [7, 11) is -3.66. The van der Waals surface area contributed by atoms with Crippen LogP contribution in [0.1, 0.15) is 32.6 Å². The summed E-state index contributed by atoms with van der Waals surface area (Å²) in [6.07, 6.45) is 5.04. The summed E-state index contributed by atoms with van der Waals surface area (Å²) in [5.41, 5.74) is -0.347. The van der Waals surface area contributed by atoms with Crippen molar-refractivity contribution < 1.29 is 13.5 Å². The van der Waals surface area contributed by atoms with Crippen molar-refractivity contribution in [3.8, 4) is 0 Å². The van der Waals surface area contributed by atoms with E-state index in [9.17, 15) is 13.2 Å². The van der Waals surface area contributed by atoms with Gasteiger partial charge in [-0.05, 0) is 12.5 Å². The first-order valence-corrected chi connectivity index (χ1v) is 8.26. The van der Waals surface area contributed by atoms with Crippen molar-refractivity contribution in [1.29, 1.82) is 0 Å². The number of rotatable bonds is 9. The standard InChI is InChI=1S/C13H22N2O4S/c1-2-3-4-5-8-15(9-10-16)20(18,19)12-6-7-13(17)14-11-12/h6-7,11,16H,2-5,8-10H2,1H3,(H,14,17). The van der Waals surface area contributed by atoms with Crippen LogP contribution in [-0.2, 0) is 10.0 Å². The number of hydrogen-bond donors (Lipinski definition) is 2. The van der Waals surface area contributed by atoms with E-state index >= 15 is 0 Å². The maximum Gasteiger partial charge on any atom is 0.247 e.